The Hall–Kier alpha value is -3.76. The summed E-state index contributed by atoms with van der Waals surface area (Å²) >= 11 is 0. The SMILES string of the molecule is COc1cc(C(Cc2ccccc2)(NC(=O)N2CCC(F)(F)C2)c2cc(F)cc(C(F)(F)F)c2)ccc1F. The lowest BCUT2D eigenvalue weighted by molar-refractivity contribution is -0.137. The smallest absolute Gasteiger partial charge is 0.416 e. The highest BCUT2D eigenvalue weighted by Gasteiger charge is 2.45. The fourth-order valence-electron chi connectivity index (χ4n) is 4.56. The number of ether oxygens (including phenoxy) is 1. The van der Waals surface area contributed by atoms with E-state index in [1.165, 1.54) is 19.2 Å². The van der Waals surface area contributed by atoms with Gasteiger partial charge in [-0.3, -0.25) is 0 Å². The molecule has 1 saturated heterocycles. The Morgan fingerprint density at radius 2 is 1.66 bits per heavy atom. The molecule has 2 amide bonds. The van der Waals surface area contributed by atoms with Gasteiger partial charge in [-0.1, -0.05) is 36.4 Å². The van der Waals surface area contributed by atoms with Crippen molar-refractivity contribution in [3.05, 3.63) is 101 Å². The van der Waals surface area contributed by atoms with Gasteiger partial charge in [-0.05, 0) is 47.0 Å². The van der Waals surface area contributed by atoms with E-state index in [0.29, 0.717) is 17.7 Å². The van der Waals surface area contributed by atoms with Crippen molar-refractivity contribution in [1.29, 1.82) is 0 Å². The fraction of sp³-hybridized carbons (Fsp3) is 0.296. The van der Waals surface area contributed by atoms with E-state index in [9.17, 15) is 35.5 Å². The minimum absolute atomic E-state index is 0.0534. The van der Waals surface area contributed by atoms with E-state index in [2.05, 4.69) is 5.32 Å². The summed E-state index contributed by atoms with van der Waals surface area (Å²) in [6.45, 7) is -1.20. The van der Waals surface area contributed by atoms with Crippen molar-refractivity contribution in [3.8, 4) is 5.75 Å². The molecule has 1 fully saturated rings. The van der Waals surface area contributed by atoms with Crippen LogP contribution in [0.15, 0.2) is 66.7 Å². The second-order valence-corrected chi connectivity index (χ2v) is 9.10. The van der Waals surface area contributed by atoms with Crippen molar-refractivity contribution in [3.63, 3.8) is 0 Å². The molecule has 0 aliphatic carbocycles. The summed E-state index contributed by atoms with van der Waals surface area (Å²) in [4.78, 5) is 14.2. The molecular formula is C27H23F7N2O2. The fourth-order valence-corrected chi connectivity index (χ4v) is 4.56. The zero-order valence-electron chi connectivity index (χ0n) is 20.1. The zero-order valence-corrected chi connectivity index (χ0v) is 20.1. The van der Waals surface area contributed by atoms with Crippen LogP contribution in [-0.2, 0) is 18.1 Å². The first-order valence-electron chi connectivity index (χ1n) is 11.5. The Morgan fingerprint density at radius 3 is 2.26 bits per heavy atom. The second-order valence-electron chi connectivity index (χ2n) is 9.10. The van der Waals surface area contributed by atoms with E-state index in [1.54, 1.807) is 30.3 Å². The molecule has 0 saturated carbocycles. The summed E-state index contributed by atoms with van der Waals surface area (Å²) in [5, 5.41) is 2.61. The number of nitrogens with one attached hydrogen (secondary N) is 1. The van der Waals surface area contributed by atoms with Crippen molar-refractivity contribution in [2.24, 2.45) is 0 Å². The summed E-state index contributed by atoms with van der Waals surface area (Å²) in [6, 6.07) is 12.5. The number of hydrogen-bond acceptors (Lipinski definition) is 2. The number of alkyl halides is 5. The molecule has 0 aromatic heterocycles. The third kappa shape index (κ3) is 5.71. The standard InChI is InChI=1S/C27H23F7N2O2/c1-38-23-14-18(7-8-22(23)29)26(15-17-5-3-2-4-6-17,35-24(37)36-10-9-25(30,31)16-36)19-11-20(27(32,33)34)13-21(28)12-19/h2-8,11-14H,9-10,15-16H2,1H3,(H,35,37). The molecule has 1 aliphatic rings. The Kier molecular flexibility index (Phi) is 7.31. The quantitative estimate of drug-likeness (QED) is 0.362. The Labute approximate surface area is 214 Å². The van der Waals surface area contributed by atoms with Crippen LogP contribution in [0.4, 0.5) is 35.5 Å². The number of urea groups is 1. The predicted octanol–water partition coefficient (Wildman–Crippen LogP) is 6.53. The topological polar surface area (TPSA) is 41.6 Å². The average Bonchev–Trinajstić information content (AvgIpc) is 3.23. The van der Waals surface area contributed by atoms with Crippen LogP contribution in [0.5, 0.6) is 5.75 Å². The van der Waals surface area contributed by atoms with E-state index < -0.39 is 53.8 Å². The van der Waals surface area contributed by atoms with E-state index in [1.807, 2.05) is 0 Å². The van der Waals surface area contributed by atoms with Gasteiger partial charge in [0.15, 0.2) is 11.6 Å². The Morgan fingerprint density at radius 1 is 0.974 bits per heavy atom. The van der Waals surface area contributed by atoms with Gasteiger partial charge in [-0.25, -0.2) is 22.4 Å². The number of rotatable bonds is 6. The molecule has 1 heterocycles. The molecule has 0 spiro atoms. The molecule has 38 heavy (non-hydrogen) atoms. The van der Waals surface area contributed by atoms with Gasteiger partial charge in [0.2, 0.25) is 0 Å². The van der Waals surface area contributed by atoms with Gasteiger partial charge in [0.05, 0.1) is 24.8 Å². The highest BCUT2D eigenvalue weighted by Crippen LogP contribution is 2.40. The second kappa shape index (κ2) is 10.2. The highest BCUT2D eigenvalue weighted by molar-refractivity contribution is 5.77. The van der Waals surface area contributed by atoms with Crippen molar-refractivity contribution in [2.45, 2.75) is 30.5 Å². The number of nitrogens with zero attached hydrogens (tertiary/aromatic N) is 1. The minimum Gasteiger partial charge on any atom is -0.494 e. The van der Waals surface area contributed by atoms with Gasteiger partial charge in [0.25, 0.3) is 5.92 Å². The number of hydrogen-bond donors (Lipinski definition) is 1. The predicted molar refractivity (Wildman–Crippen MR) is 125 cm³/mol. The van der Waals surface area contributed by atoms with E-state index >= 15 is 0 Å². The lowest BCUT2D eigenvalue weighted by Crippen LogP contribution is -2.53. The highest BCUT2D eigenvalue weighted by atomic mass is 19.4. The molecule has 1 atom stereocenters. The number of benzene rings is 3. The first-order valence-corrected chi connectivity index (χ1v) is 11.5. The van der Waals surface area contributed by atoms with Crippen LogP contribution in [0.1, 0.15) is 28.7 Å². The molecule has 0 bridgehead atoms. The van der Waals surface area contributed by atoms with Crippen molar-refractivity contribution in [1.82, 2.24) is 10.2 Å². The van der Waals surface area contributed by atoms with E-state index in [0.717, 1.165) is 17.0 Å². The van der Waals surface area contributed by atoms with Crippen LogP contribution in [0.3, 0.4) is 0 Å². The monoisotopic (exact) mass is 540 g/mol. The lowest BCUT2D eigenvalue weighted by Gasteiger charge is -2.38. The van der Waals surface area contributed by atoms with Crippen LogP contribution in [0.2, 0.25) is 0 Å². The Balaban J connectivity index is 1.97. The van der Waals surface area contributed by atoms with Crippen LogP contribution >= 0.6 is 0 Å². The van der Waals surface area contributed by atoms with E-state index in [4.69, 9.17) is 4.74 Å². The summed E-state index contributed by atoms with van der Waals surface area (Å²) in [6.07, 6.45) is -5.75. The molecule has 3 aromatic rings. The van der Waals surface area contributed by atoms with Crippen LogP contribution < -0.4 is 10.1 Å². The molecule has 4 rings (SSSR count). The number of amides is 2. The van der Waals surface area contributed by atoms with Gasteiger partial charge < -0.3 is 15.0 Å². The maximum atomic E-state index is 14.7. The molecule has 11 heteroatoms. The van der Waals surface area contributed by atoms with Gasteiger partial charge in [-0.15, -0.1) is 0 Å². The molecule has 4 nitrogen and oxygen atoms in total. The molecule has 202 valence electrons. The normalized spacial score (nSPS) is 16.7. The average molecular weight is 540 g/mol. The largest absolute Gasteiger partial charge is 0.494 e. The van der Waals surface area contributed by atoms with Crippen molar-refractivity contribution < 1.29 is 40.3 Å². The third-order valence-corrected chi connectivity index (χ3v) is 6.45. The zero-order chi connectivity index (χ0) is 27.7. The number of carbonyl (C=O) groups excluding carboxylic acids is 1. The number of methoxy groups -OCH3 is 1. The minimum atomic E-state index is -4.93. The van der Waals surface area contributed by atoms with Gasteiger partial charge in [-0.2, -0.15) is 13.2 Å². The summed E-state index contributed by atoms with van der Waals surface area (Å²) in [5.74, 6) is -5.44. The maximum absolute atomic E-state index is 14.7. The number of halogens is 7. The Bertz CT molecular complexity index is 1310. The molecular weight excluding hydrogens is 517 g/mol. The van der Waals surface area contributed by atoms with Crippen LogP contribution in [0.25, 0.3) is 0 Å². The van der Waals surface area contributed by atoms with Crippen molar-refractivity contribution in [2.75, 3.05) is 20.2 Å². The maximum Gasteiger partial charge on any atom is 0.416 e. The number of likely N-dealkylation sites (tertiary alicyclic amines) is 1. The van der Waals surface area contributed by atoms with Crippen LogP contribution in [0, 0.1) is 11.6 Å². The number of carbonyl (C=O) groups is 1. The summed E-state index contributed by atoms with van der Waals surface area (Å²) < 4.78 is 103. The molecule has 1 unspecified atom stereocenters. The van der Waals surface area contributed by atoms with Gasteiger partial charge >= 0.3 is 12.2 Å². The summed E-state index contributed by atoms with van der Waals surface area (Å²) in [5.41, 5.74) is -3.01. The van der Waals surface area contributed by atoms with Gasteiger partial charge in [0, 0.05) is 19.4 Å². The van der Waals surface area contributed by atoms with Crippen molar-refractivity contribution >= 4 is 6.03 Å². The van der Waals surface area contributed by atoms with E-state index in [-0.39, 0.29) is 29.8 Å². The first-order chi connectivity index (χ1) is 17.8. The molecule has 1 N–H and O–H groups in total. The molecule has 0 radical (unpaired) electrons. The summed E-state index contributed by atoms with van der Waals surface area (Å²) in [7, 11) is 1.18. The first kappa shape index (κ1) is 27.3. The van der Waals surface area contributed by atoms with Crippen LogP contribution in [-0.4, -0.2) is 37.1 Å². The lowest BCUT2D eigenvalue weighted by atomic mass is 9.77. The van der Waals surface area contributed by atoms with Gasteiger partial charge in [0.1, 0.15) is 5.82 Å². The molecule has 1 aliphatic heterocycles. The third-order valence-electron chi connectivity index (χ3n) is 6.45. The molecule has 3 aromatic carbocycles.